The lowest BCUT2D eigenvalue weighted by atomic mass is 9.83. The Morgan fingerprint density at radius 1 is 1.10 bits per heavy atom. The average Bonchev–Trinajstić information content (AvgIpc) is 3.18. The summed E-state index contributed by atoms with van der Waals surface area (Å²) in [5, 5.41) is 7.07. The van der Waals surface area contributed by atoms with Gasteiger partial charge >= 0.3 is 0 Å². The van der Waals surface area contributed by atoms with E-state index in [1.807, 2.05) is 0 Å². The maximum absolute atomic E-state index is 5.64. The molecule has 2 aliphatic rings. The van der Waals surface area contributed by atoms with Crippen LogP contribution in [0.3, 0.4) is 0 Å². The third kappa shape index (κ3) is 10.2. The second-order valence-electron chi connectivity index (χ2n) is 8.51. The molecule has 0 bridgehead atoms. The van der Waals surface area contributed by atoms with E-state index < -0.39 is 0 Å². The number of hydrogen-bond donors (Lipinski definition) is 2. The highest BCUT2D eigenvalue weighted by Gasteiger charge is 2.33. The van der Waals surface area contributed by atoms with Gasteiger partial charge < -0.3 is 25.0 Å². The minimum absolute atomic E-state index is 0. The number of likely N-dealkylation sites (tertiary alicyclic amines) is 1. The zero-order valence-corrected chi connectivity index (χ0v) is 21.3. The first-order chi connectivity index (χ1) is 13.7. The maximum atomic E-state index is 5.64. The van der Waals surface area contributed by atoms with Gasteiger partial charge in [0.2, 0.25) is 0 Å². The van der Waals surface area contributed by atoms with Gasteiger partial charge in [-0.2, -0.15) is 0 Å². The van der Waals surface area contributed by atoms with E-state index in [2.05, 4.69) is 29.4 Å². The van der Waals surface area contributed by atoms with E-state index in [-0.39, 0.29) is 24.0 Å². The summed E-state index contributed by atoms with van der Waals surface area (Å²) in [6, 6.07) is 0. The Labute approximate surface area is 196 Å². The number of hydrogen-bond acceptors (Lipinski definition) is 4. The zero-order valence-electron chi connectivity index (χ0n) is 19.0. The number of rotatable bonds is 12. The summed E-state index contributed by atoms with van der Waals surface area (Å²) in [6.45, 7) is 13.0. The van der Waals surface area contributed by atoms with Gasteiger partial charge in [0.15, 0.2) is 5.96 Å². The number of aliphatic imine (C=N–C) groups is 1. The number of nitrogens with one attached hydrogen (secondary N) is 2. The molecule has 6 nitrogen and oxygen atoms in total. The second kappa shape index (κ2) is 15.6. The highest BCUT2D eigenvalue weighted by atomic mass is 127. The van der Waals surface area contributed by atoms with Crippen LogP contribution in [0.4, 0.5) is 0 Å². The van der Waals surface area contributed by atoms with E-state index in [4.69, 9.17) is 14.5 Å². The normalized spacial score (nSPS) is 20.4. The second-order valence-corrected chi connectivity index (χ2v) is 8.51. The van der Waals surface area contributed by atoms with Crippen molar-refractivity contribution in [1.82, 2.24) is 15.5 Å². The molecule has 0 aromatic heterocycles. The standard InChI is InChI=1S/C22H44N4O2.HI/c1-4-23-21(24-18-20-8-13-26(14-9-20)15-17-27-3)25-19-22(10-6-7-11-22)12-16-28-5-2;/h20H,4-19H2,1-3H3,(H2,23,24,25);1H. The van der Waals surface area contributed by atoms with Crippen molar-refractivity contribution in [2.24, 2.45) is 16.3 Å². The van der Waals surface area contributed by atoms with Gasteiger partial charge in [-0.15, -0.1) is 24.0 Å². The van der Waals surface area contributed by atoms with Gasteiger partial charge in [-0.05, 0) is 70.4 Å². The van der Waals surface area contributed by atoms with E-state index in [0.29, 0.717) is 5.41 Å². The van der Waals surface area contributed by atoms with Crippen molar-refractivity contribution in [3.05, 3.63) is 0 Å². The third-order valence-electron chi connectivity index (χ3n) is 6.44. The molecule has 1 saturated carbocycles. The first-order valence-corrected chi connectivity index (χ1v) is 11.5. The van der Waals surface area contributed by atoms with Crippen LogP contribution in [0.2, 0.25) is 0 Å². The monoisotopic (exact) mass is 524 g/mol. The minimum atomic E-state index is 0. The van der Waals surface area contributed by atoms with Crippen molar-refractivity contribution in [1.29, 1.82) is 0 Å². The number of halogens is 1. The highest BCUT2D eigenvalue weighted by molar-refractivity contribution is 14.0. The van der Waals surface area contributed by atoms with Gasteiger partial charge in [0.25, 0.3) is 0 Å². The van der Waals surface area contributed by atoms with E-state index in [1.165, 1.54) is 51.6 Å². The molecule has 1 heterocycles. The molecular weight excluding hydrogens is 479 g/mol. The van der Waals surface area contributed by atoms with Crippen LogP contribution < -0.4 is 10.6 Å². The van der Waals surface area contributed by atoms with Crippen LogP contribution >= 0.6 is 24.0 Å². The number of ether oxygens (including phenoxy) is 2. The summed E-state index contributed by atoms with van der Waals surface area (Å²) < 4.78 is 10.8. The molecule has 0 aromatic rings. The lowest BCUT2D eigenvalue weighted by Crippen LogP contribution is -2.43. The molecule has 0 spiro atoms. The number of methoxy groups -OCH3 is 1. The van der Waals surface area contributed by atoms with Gasteiger partial charge in [0.05, 0.1) is 6.61 Å². The van der Waals surface area contributed by atoms with Gasteiger partial charge in [0, 0.05) is 46.5 Å². The maximum Gasteiger partial charge on any atom is 0.191 e. The summed E-state index contributed by atoms with van der Waals surface area (Å²) in [5.41, 5.74) is 0.351. The van der Waals surface area contributed by atoms with E-state index in [1.54, 1.807) is 7.11 Å². The largest absolute Gasteiger partial charge is 0.383 e. The van der Waals surface area contributed by atoms with E-state index >= 15 is 0 Å². The molecule has 0 atom stereocenters. The summed E-state index contributed by atoms with van der Waals surface area (Å²) in [7, 11) is 1.78. The van der Waals surface area contributed by atoms with Crippen LogP contribution in [0, 0.1) is 11.3 Å². The fourth-order valence-electron chi connectivity index (χ4n) is 4.51. The quantitative estimate of drug-likeness (QED) is 0.177. The Morgan fingerprint density at radius 3 is 2.45 bits per heavy atom. The molecule has 1 aliphatic carbocycles. The van der Waals surface area contributed by atoms with E-state index in [9.17, 15) is 0 Å². The van der Waals surface area contributed by atoms with Crippen molar-refractivity contribution in [2.75, 3.05) is 66.2 Å². The molecule has 7 heteroatoms. The van der Waals surface area contributed by atoms with Crippen LogP contribution in [-0.2, 0) is 9.47 Å². The van der Waals surface area contributed by atoms with Gasteiger partial charge in [-0.3, -0.25) is 4.99 Å². The number of piperidine rings is 1. The molecule has 2 fully saturated rings. The Kier molecular flexibility index (Phi) is 14.5. The Bertz CT molecular complexity index is 437. The number of guanidine groups is 1. The average molecular weight is 525 g/mol. The molecule has 2 rings (SSSR count). The molecule has 0 unspecified atom stereocenters. The highest BCUT2D eigenvalue weighted by Crippen LogP contribution is 2.41. The molecule has 2 N–H and O–H groups in total. The first kappa shape index (κ1) is 26.9. The minimum Gasteiger partial charge on any atom is -0.383 e. The topological polar surface area (TPSA) is 58.1 Å². The van der Waals surface area contributed by atoms with Crippen LogP contribution in [0.25, 0.3) is 0 Å². The van der Waals surface area contributed by atoms with Gasteiger partial charge in [0.1, 0.15) is 0 Å². The molecule has 0 amide bonds. The predicted molar refractivity (Wildman–Crippen MR) is 132 cm³/mol. The van der Waals surface area contributed by atoms with Crippen LogP contribution in [-0.4, -0.2) is 77.1 Å². The first-order valence-electron chi connectivity index (χ1n) is 11.5. The molecular formula is C22H45IN4O2. The fourth-order valence-corrected chi connectivity index (χ4v) is 4.51. The SMILES string of the molecule is CCNC(=NCC1(CCOCC)CCCC1)NCC1CCN(CCOC)CC1.I. The molecule has 0 radical (unpaired) electrons. The van der Waals surface area contributed by atoms with Crippen LogP contribution in [0.15, 0.2) is 4.99 Å². The van der Waals surface area contributed by atoms with Gasteiger partial charge in [-0.1, -0.05) is 12.8 Å². The van der Waals surface area contributed by atoms with Crippen molar-refractivity contribution >= 4 is 29.9 Å². The molecule has 29 heavy (non-hydrogen) atoms. The van der Waals surface area contributed by atoms with E-state index in [0.717, 1.165) is 64.3 Å². The zero-order chi connectivity index (χ0) is 20.1. The fraction of sp³-hybridized carbons (Fsp3) is 0.955. The Morgan fingerprint density at radius 2 is 1.83 bits per heavy atom. The lowest BCUT2D eigenvalue weighted by Gasteiger charge is -2.32. The van der Waals surface area contributed by atoms with Crippen LogP contribution in [0.5, 0.6) is 0 Å². The molecule has 1 aliphatic heterocycles. The Balaban J connectivity index is 0.00000420. The molecule has 172 valence electrons. The predicted octanol–water partition coefficient (Wildman–Crippen LogP) is 3.50. The number of nitrogens with zero attached hydrogens (tertiary/aromatic N) is 2. The summed E-state index contributed by atoms with van der Waals surface area (Å²) >= 11 is 0. The van der Waals surface area contributed by atoms with Crippen molar-refractivity contribution in [2.45, 2.75) is 58.8 Å². The van der Waals surface area contributed by atoms with Crippen molar-refractivity contribution < 1.29 is 9.47 Å². The molecule has 1 saturated heterocycles. The summed E-state index contributed by atoms with van der Waals surface area (Å²) in [5.74, 6) is 1.73. The van der Waals surface area contributed by atoms with Crippen molar-refractivity contribution in [3.63, 3.8) is 0 Å². The summed E-state index contributed by atoms with van der Waals surface area (Å²) in [6.07, 6.45) is 8.93. The Hall–Kier alpha value is -0.120. The smallest absolute Gasteiger partial charge is 0.191 e. The van der Waals surface area contributed by atoms with Crippen LogP contribution in [0.1, 0.15) is 58.8 Å². The van der Waals surface area contributed by atoms with Crippen molar-refractivity contribution in [3.8, 4) is 0 Å². The molecule has 0 aromatic carbocycles. The summed E-state index contributed by atoms with van der Waals surface area (Å²) in [4.78, 5) is 7.51. The van der Waals surface area contributed by atoms with Gasteiger partial charge in [-0.25, -0.2) is 0 Å². The third-order valence-corrected chi connectivity index (χ3v) is 6.44. The lowest BCUT2D eigenvalue weighted by molar-refractivity contribution is 0.107.